The lowest BCUT2D eigenvalue weighted by Crippen LogP contribution is -2.35. The van der Waals surface area contributed by atoms with E-state index >= 15 is 0 Å². The molecule has 0 aliphatic heterocycles. The molecule has 0 spiro atoms. The van der Waals surface area contributed by atoms with Gasteiger partial charge in [0.1, 0.15) is 5.82 Å². The maximum Gasteiger partial charge on any atom is 0.309 e. The number of ether oxygens (including phenoxy) is 1. The van der Waals surface area contributed by atoms with Gasteiger partial charge in [-0.05, 0) is 50.3 Å². The molecule has 0 saturated heterocycles. The predicted octanol–water partition coefficient (Wildman–Crippen LogP) is 4.07. The highest BCUT2D eigenvalue weighted by Crippen LogP contribution is 2.38. The number of rotatable bonds is 9. The Bertz CT molecular complexity index is 681. The van der Waals surface area contributed by atoms with Crippen molar-refractivity contribution in [3.63, 3.8) is 0 Å². The van der Waals surface area contributed by atoms with Crippen molar-refractivity contribution in [3.05, 3.63) is 35.6 Å². The summed E-state index contributed by atoms with van der Waals surface area (Å²) >= 11 is 0. The van der Waals surface area contributed by atoms with Gasteiger partial charge in [0, 0.05) is 6.42 Å². The average molecular weight is 363 g/mol. The zero-order valence-corrected chi connectivity index (χ0v) is 15.7. The molecule has 1 N–H and O–H groups in total. The molecule has 0 saturated carbocycles. The number of aliphatic carboxylic acids is 1. The van der Waals surface area contributed by atoms with Crippen LogP contribution < -0.4 is 0 Å². The molecule has 6 heteroatoms. The number of carboxylic acids is 1. The van der Waals surface area contributed by atoms with Gasteiger partial charge in [-0.1, -0.05) is 26.0 Å². The van der Waals surface area contributed by atoms with Crippen LogP contribution in [-0.4, -0.2) is 23.1 Å². The lowest BCUT2D eigenvalue weighted by molar-refractivity contribution is -0.154. The van der Waals surface area contributed by atoms with Crippen LogP contribution in [0.15, 0.2) is 24.3 Å². The number of nitriles is 1. The fourth-order valence-electron chi connectivity index (χ4n) is 2.92. The van der Waals surface area contributed by atoms with Gasteiger partial charge >= 0.3 is 11.9 Å². The Morgan fingerprint density at radius 2 is 1.96 bits per heavy atom. The summed E-state index contributed by atoms with van der Waals surface area (Å²) in [5.41, 5.74) is -0.907. The Kier molecular flexibility index (Phi) is 7.76. The van der Waals surface area contributed by atoms with E-state index in [1.54, 1.807) is 19.9 Å². The van der Waals surface area contributed by atoms with Crippen molar-refractivity contribution in [2.24, 2.45) is 11.8 Å². The van der Waals surface area contributed by atoms with E-state index in [9.17, 15) is 19.2 Å². The van der Waals surface area contributed by atoms with Gasteiger partial charge in [-0.15, -0.1) is 0 Å². The van der Waals surface area contributed by atoms with Gasteiger partial charge in [-0.3, -0.25) is 9.59 Å². The Morgan fingerprint density at radius 1 is 1.31 bits per heavy atom. The molecule has 2 unspecified atom stereocenters. The second kappa shape index (κ2) is 9.33. The van der Waals surface area contributed by atoms with Crippen LogP contribution in [0.25, 0.3) is 0 Å². The highest BCUT2D eigenvalue weighted by atomic mass is 19.1. The van der Waals surface area contributed by atoms with Gasteiger partial charge in [0.05, 0.1) is 23.5 Å². The molecule has 0 fully saturated rings. The van der Waals surface area contributed by atoms with Crippen molar-refractivity contribution in [1.29, 1.82) is 5.26 Å². The predicted molar refractivity (Wildman–Crippen MR) is 94.7 cm³/mol. The third-order valence-electron chi connectivity index (χ3n) is 4.38. The Balaban J connectivity index is 3.31. The van der Waals surface area contributed by atoms with Gasteiger partial charge in [-0.2, -0.15) is 5.26 Å². The van der Waals surface area contributed by atoms with E-state index in [0.29, 0.717) is 5.56 Å². The van der Waals surface area contributed by atoms with Gasteiger partial charge in [0.15, 0.2) is 0 Å². The van der Waals surface area contributed by atoms with Crippen molar-refractivity contribution < 1.29 is 23.8 Å². The largest absolute Gasteiger partial charge is 0.481 e. The number of benzene rings is 1. The molecule has 142 valence electrons. The van der Waals surface area contributed by atoms with Crippen molar-refractivity contribution in [2.45, 2.75) is 58.5 Å². The summed E-state index contributed by atoms with van der Waals surface area (Å²) in [6.07, 6.45) is -0.494. The van der Waals surface area contributed by atoms with E-state index in [4.69, 9.17) is 9.84 Å². The summed E-state index contributed by atoms with van der Waals surface area (Å²) in [7, 11) is 0. The minimum atomic E-state index is -1.29. The van der Waals surface area contributed by atoms with Crippen LogP contribution in [0.5, 0.6) is 0 Å². The molecule has 5 nitrogen and oxygen atoms in total. The van der Waals surface area contributed by atoms with Gasteiger partial charge in [0.25, 0.3) is 0 Å². The van der Waals surface area contributed by atoms with Crippen molar-refractivity contribution >= 4 is 11.9 Å². The van der Waals surface area contributed by atoms with Crippen LogP contribution in [0.3, 0.4) is 0 Å². The number of hydrogen-bond donors (Lipinski definition) is 1. The van der Waals surface area contributed by atoms with E-state index < -0.39 is 29.1 Å². The Hall–Kier alpha value is -2.42. The fraction of sp³-hybridized carbons (Fsp3) is 0.550. The van der Waals surface area contributed by atoms with Crippen LogP contribution >= 0.6 is 0 Å². The van der Waals surface area contributed by atoms with Gasteiger partial charge < -0.3 is 9.84 Å². The zero-order valence-electron chi connectivity index (χ0n) is 15.7. The minimum absolute atomic E-state index is 0.0134. The topological polar surface area (TPSA) is 87.4 Å². The van der Waals surface area contributed by atoms with E-state index in [1.807, 2.05) is 13.8 Å². The summed E-state index contributed by atoms with van der Waals surface area (Å²) in [5.74, 6) is -2.71. The second-order valence-electron chi connectivity index (χ2n) is 7.14. The SMILES string of the molecule is CC(C)OC(=O)C(CC(C#N)(CCC(=O)O)c1cccc(F)c1)C(C)C. The molecule has 0 heterocycles. The number of carbonyl (C=O) groups excluding carboxylic acids is 1. The molecule has 0 bridgehead atoms. The molecule has 1 rings (SSSR count). The molecule has 0 aliphatic carbocycles. The van der Waals surface area contributed by atoms with E-state index in [1.165, 1.54) is 18.2 Å². The summed E-state index contributed by atoms with van der Waals surface area (Å²) in [5, 5.41) is 19.0. The summed E-state index contributed by atoms with van der Waals surface area (Å²) in [4.78, 5) is 23.6. The van der Waals surface area contributed by atoms with Gasteiger partial charge in [-0.25, -0.2) is 4.39 Å². The van der Waals surface area contributed by atoms with E-state index in [-0.39, 0.29) is 31.3 Å². The minimum Gasteiger partial charge on any atom is -0.481 e. The third-order valence-corrected chi connectivity index (χ3v) is 4.38. The second-order valence-corrected chi connectivity index (χ2v) is 7.14. The van der Waals surface area contributed by atoms with Crippen molar-refractivity contribution in [2.75, 3.05) is 0 Å². The number of hydrogen-bond acceptors (Lipinski definition) is 4. The Morgan fingerprint density at radius 3 is 2.42 bits per heavy atom. The van der Waals surface area contributed by atoms with E-state index in [0.717, 1.165) is 0 Å². The molecular formula is C20H26FNO4. The molecule has 0 aromatic heterocycles. The number of esters is 1. The number of carboxylic acid groups (broad SMARTS) is 1. The number of carbonyl (C=O) groups is 2. The van der Waals surface area contributed by atoms with Gasteiger partial charge in [0.2, 0.25) is 0 Å². The lowest BCUT2D eigenvalue weighted by atomic mass is 9.69. The summed E-state index contributed by atoms with van der Waals surface area (Å²) < 4.78 is 19.1. The fourth-order valence-corrected chi connectivity index (χ4v) is 2.92. The Labute approximate surface area is 153 Å². The van der Waals surface area contributed by atoms with Crippen LogP contribution in [-0.2, 0) is 19.7 Å². The molecular weight excluding hydrogens is 337 g/mol. The monoisotopic (exact) mass is 363 g/mol. The van der Waals surface area contributed by atoms with E-state index in [2.05, 4.69) is 6.07 Å². The summed E-state index contributed by atoms with van der Waals surface area (Å²) in [6.45, 7) is 7.17. The maximum absolute atomic E-state index is 13.7. The molecule has 26 heavy (non-hydrogen) atoms. The quantitative estimate of drug-likeness (QED) is 0.668. The lowest BCUT2D eigenvalue weighted by Gasteiger charge is -2.32. The van der Waals surface area contributed by atoms with Crippen molar-refractivity contribution in [1.82, 2.24) is 0 Å². The molecule has 0 aliphatic rings. The van der Waals surface area contributed by atoms with Crippen molar-refractivity contribution in [3.8, 4) is 6.07 Å². The van der Waals surface area contributed by atoms with Crippen LogP contribution in [0, 0.1) is 29.0 Å². The molecule has 0 amide bonds. The first-order valence-corrected chi connectivity index (χ1v) is 8.71. The highest BCUT2D eigenvalue weighted by Gasteiger charge is 2.40. The standard InChI is InChI=1S/C20H26FNO4/c1-13(2)17(19(25)26-14(3)4)11-20(12-22,9-8-18(23)24)15-6-5-7-16(21)10-15/h5-7,10,13-14,17H,8-9,11H2,1-4H3,(H,23,24). The number of halogens is 1. The molecule has 0 radical (unpaired) electrons. The number of nitrogens with zero attached hydrogens (tertiary/aromatic N) is 1. The third kappa shape index (κ3) is 5.83. The first-order valence-electron chi connectivity index (χ1n) is 8.71. The normalized spacial score (nSPS) is 14.5. The van der Waals surface area contributed by atoms with Crippen LogP contribution in [0.2, 0.25) is 0 Å². The first-order chi connectivity index (χ1) is 12.1. The smallest absolute Gasteiger partial charge is 0.309 e. The first kappa shape index (κ1) is 21.6. The molecule has 2 atom stereocenters. The van der Waals surface area contributed by atoms with Crippen LogP contribution in [0.4, 0.5) is 4.39 Å². The highest BCUT2D eigenvalue weighted by molar-refractivity contribution is 5.73. The average Bonchev–Trinajstić information content (AvgIpc) is 2.54. The molecule has 1 aromatic carbocycles. The zero-order chi connectivity index (χ0) is 19.9. The maximum atomic E-state index is 13.7. The summed E-state index contributed by atoms with van der Waals surface area (Å²) in [6, 6.07) is 7.74. The van der Waals surface area contributed by atoms with Crippen LogP contribution in [0.1, 0.15) is 52.5 Å². The molecule has 1 aromatic rings.